The standard InChI is InChI=1S/C16H21NO4/c1-3-19-15-8-5-12(9-16(15)20-4-2)17-10-13-6-7-14(11-18)21-13/h5-9,17-18H,3-4,10-11H2,1-2H3. The summed E-state index contributed by atoms with van der Waals surface area (Å²) in [6, 6.07) is 9.34. The van der Waals surface area contributed by atoms with Gasteiger partial charge in [0.25, 0.3) is 0 Å². The van der Waals surface area contributed by atoms with Gasteiger partial charge in [-0.15, -0.1) is 0 Å². The fourth-order valence-corrected chi connectivity index (χ4v) is 1.95. The maximum atomic E-state index is 8.97. The predicted octanol–water partition coefficient (Wildman–Crippen LogP) is 3.18. The van der Waals surface area contributed by atoms with Gasteiger partial charge in [-0.3, -0.25) is 0 Å². The second-order valence-electron chi connectivity index (χ2n) is 4.41. The molecular formula is C16H21NO4. The molecule has 0 aliphatic rings. The molecule has 21 heavy (non-hydrogen) atoms. The molecule has 2 aromatic rings. The number of benzene rings is 1. The van der Waals surface area contributed by atoms with E-state index in [0.717, 1.165) is 22.9 Å². The van der Waals surface area contributed by atoms with E-state index in [-0.39, 0.29) is 6.61 Å². The minimum atomic E-state index is -0.0858. The maximum absolute atomic E-state index is 8.97. The second kappa shape index (κ2) is 7.59. The molecule has 0 atom stereocenters. The third kappa shape index (κ3) is 4.16. The Hall–Kier alpha value is -2.14. The van der Waals surface area contributed by atoms with Crippen molar-refractivity contribution >= 4 is 5.69 Å². The summed E-state index contributed by atoms with van der Waals surface area (Å²) in [5.41, 5.74) is 0.920. The molecule has 0 spiro atoms. The molecule has 2 rings (SSSR count). The Morgan fingerprint density at radius 3 is 2.38 bits per heavy atom. The summed E-state index contributed by atoms with van der Waals surface area (Å²) in [7, 11) is 0. The number of hydrogen-bond acceptors (Lipinski definition) is 5. The van der Waals surface area contributed by atoms with Gasteiger partial charge in [0.05, 0.1) is 19.8 Å². The molecule has 1 heterocycles. The van der Waals surface area contributed by atoms with Gasteiger partial charge < -0.3 is 24.3 Å². The van der Waals surface area contributed by atoms with E-state index in [1.807, 2.05) is 38.1 Å². The molecule has 0 saturated heterocycles. The van der Waals surface area contributed by atoms with Crippen LogP contribution >= 0.6 is 0 Å². The molecule has 5 nitrogen and oxygen atoms in total. The molecule has 1 aromatic heterocycles. The minimum Gasteiger partial charge on any atom is -0.490 e. The Morgan fingerprint density at radius 1 is 1.00 bits per heavy atom. The van der Waals surface area contributed by atoms with Crippen molar-refractivity contribution in [1.29, 1.82) is 0 Å². The predicted molar refractivity (Wildman–Crippen MR) is 80.7 cm³/mol. The highest BCUT2D eigenvalue weighted by atomic mass is 16.5. The van der Waals surface area contributed by atoms with Crippen molar-refractivity contribution in [3.8, 4) is 11.5 Å². The van der Waals surface area contributed by atoms with Crippen molar-refractivity contribution in [3.63, 3.8) is 0 Å². The first kappa shape index (κ1) is 15.3. The number of aliphatic hydroxyl groups excluding tert-OH is 1. The lowest BCUT2D eigenvalue weighted by molar-refractivity contribution is 0.244. The summed E-state index contributed by atoms with van der Waals surface area (Å²) in [6.07, 6.45) is 0. The highest BCUT2D eigenvalue weighted by molar-refractivity contribution is 5.54. The number of furan rings is 1. The van der Waals surface area contributed by atoms with Crippen LogP contribution < -0.4 is 14.8 Å². The van der Waals surface area contributed by atoms with E-state index in [1.54, 1.807) is 6.07 Å². The van der Waals surface area contributed by atoms with Crippen LogP contribution in [0.1, 0.15) is 25.4 Å². The van der Waals surface area contributed by atoms with Crippen LogP contribution in [-0.2, 0) is 13.2 Å². The van der Waals surface area contributed by atoms with E-state index < -0.39 is 0 Å². The molecule has 1 aromatic carbocycles. The van der Waals surface area contributed by atoms with Crippen molar-refractivity contribution < 1.29 is 19.0 Å². The molecule has 0 aliphatic carbocycles. The summed E-state index contributed by atoms with van der Waals surface area (Å²) < 4.78 is 16.5. The van der Waals surface area contributed by atoms with Gasteiger partial charge >= 0.3 is 0 Å². The topological polar surface area (TPSA) is 63.9 Å². The summed E-state index contributed by atoms with van der Waals surface area (Å²) in [5.74, 6) is 2.80. The minimum absolute atomic E-state index is 0.0858. The van der Waals surface area contributed by atoms with Crippen LogP contribution in [0.3, 0.4) is 0 Å². The van der Waals surface area contributed by atoms with E-state index in [2.05, 4.69) is 5.32 Å². The first-order chi connectivity index (χ1) is 10.3. The smallest absolute Gasteiger partial charge is 0.163 e. The number of ether oxygens (including phenoxy) is 2. The second-order valence-corrected chi connectivity index (χ2v) is 4.41. The Morgan fingerprint density at radius 2 is 1.71 bits per heavy atom. The summed E-state index contributed by atoms with van der Waals surface area (Å²) in [5, 5.41) is 12.2. The third-order valence-corrected chi connectivity index (χ3v) is 2.88. The molecule has 114 valence electrons. The van der Waals surface area contributed by atoms with Gasteiger partial charge in [-0.05, 0) is 38.1 Å². The van der Waals surface area contributed by atoms with E-state index in [4.69, 9.17) is 19.0 Å². The Labute approximate surface area is 124 Å². The summed E-state index contributed by atoms with van der Waals surface area (Å²) in [6.45, 7) is 5.52. The molecular weight excluding hydrogens is 270 g/mol. The number of anilines is 1. The van der Waals surface area contributed by atoms with Gasteiger partial charge in [-0.25, -0.2) is 0 Å². The Kier molecular flexibility index (Phi) is 5.51. The lowest BCUT2D eigenvalue weighted by atomic mass is 10.2. The Balaban J connectivity index is 2.03. The highest BCUT2D eigenvalue weighted by Gasteiger charge is 2.07. The van der Waals surface area contributed by atoms with E-state index in [9.17, 15) is 0 Å². The Bertz CT molecular complexity index is 565. The van der Waals surface area contributed by atoms with Crippen LogP contribution in [0.2, 0.25) is 0 Å². The molecule has 2 N–H and O–H groups in total. The fraction of sp³-hybridized carbons (Fsp3) is 0.375. The van der Waals surface area contributed by atoms with E-state index >= 15 is 0 Å². The van der Waals surface area contributed by atoms with Crippen molar-refractivity contribution in [2.24, 2.45) is 0 Å². The van der Waals surface area contributed by atoms with Crippen LogP contribution in [0.15, 0.2) is 34.7 Å². The molecule has 0 saturated carbocycles. The van der Waals surface area contributed by atoms with Crippen molar-refractivity contribution in [1.82, 2.24) is 0 Å². The first-order valence-electron chi connectivity index (χ1n) is 7.08. The van der Waals surface area contributed by atoms with Gasteiger partial charge in [-0.1, -0.05) is 0 Å². The quantitative estimate of drug-likeness (QED) is 0.782. The molecule has 0 fully saturated rings. The van der Waals surface area contributed by atoms with E-state index in [1.165, 1.54) is 0 Å². The fourth-order valence-electron chi connectivity index (χ4n) is 1.95. The number of rotatable bonds is 8. The molecule has 0 bridgehead atoms. The average Bonchev–Trinajstić information content (AvgIpc) is 2.96. The number of nitrogens with one attached hydrogen (secondary N) is 1. The molecule has 0 unspecified atom stereocenters. The van der Waals surface area contributed by atoms with Crippen LogP contribution in [0.25, 0.3) is 0 Å². The first-order valence-corrected chi connectivity index (χ1v) is 7.08. The highest BCUT2D eigenvalue weighted by Crippen LogP contribution is 2.30. The zero-order valence-corrected chi connectivity index (χ0v) is 12.4. The van der Waals surface area contributed by atoms with Gasteiger partial charge in [0, 0.05) is 11.8 Å². The van der Waals surface area contributed by atoms with Crippen LogP contribution in [0.4, 0.5) is 5.69 Å². The van der Waals surface area contributed by atoms with E-state index in [0.29, 0.717) is 25.5 Å². The van der Waals surface area contributed by atoms with Gasteiger partial charge in [0.1, 0.15) is 18.1 Å². The van der Waals surface area contributed by atoms with Crippen molar-refractivity contribution in [3.05, 3.63) is 41.9 Å². The monoisotopic (exact) mass is 291 g/mol. The zero-order valence-electron chi connectivity index (χ0n) is 12.4. The summed E-state index contributed by atoms with van der Waals surface area (Å²) in [4.78, 5) is 0. The van der Waals surface area contributed by atoms with Crippen LogP contribution in [0, 0.1) is 0 Å². The summed E-state index contributed by atoms with van der Waals surface area (Å²) >= 11 is 0. The normalized spacial score (nSPS) is 10.4. The number of aliphatic hydroxyl groups is 1. The third-order valence-electron chi connectivity index (χ3n) is 2.88. The molecule has 0 radical (unpaired) electrons. The maximum Gasteiger partial charge on any atom is 0.163 e. The zero-order chi connectivity index (χ0) is 15.1. The van der Waals surface area contributed by atoms with Gasteiger partial charge in [0.2, 0.25) is 0 Å². The van der Waals surface area contributed by atoms with Gasteiger partial charge in [-0.2, -0.15) is 0 Å². The van der Waals surface area contributed by atoms with Crippen molar-refractivity contribution in [2.75, 3.05) is 18.5 Å². The SMILES string of the molecule is CCOc1ccc(NCc2ccc(CO)o2)cc1OCC. The molecule has 5 heteroatoms. The van der Waals surface area contributed by atoms with Crippen molar-refractivity contribution in [2.45, 2.75) is 27.0 Å². The molecule has 0 amide bonds. The van der Waals surface area contributed by atoms with Gasteiger partial charge in [0.15, 0.2) is 11.5 Å². The van der Waals surface area contributed by atoms with Crippen LogP contribution in [-0.4, -0.2) is 18.3 Å². The molecule has 0 aliphatic heterocycles. The lowest BCUT2D eigenvalue weighted by Crippen LogP contribution is -2.01. The van der Waals surface area contributed by atoms with Crippen LogP contribution in [0.5, 0.6) is 11.5 Å². The lowest BCUT2D eigenvalue weighted by Gasteiger charge is -2.13. The number of hydrogen-bond donors (Lipinski definition) is 2. The largest absolute Gasteiger partial charge is 0.490 e. The average molecular weight is 291 g/mol.